The Balaban J connectivity index is 0.000000505. The van der Waals surface area contributed by atoms with Crippen molar-refractivity contribution < 1.29 is 43.0 Å². The molecule has 2 fully saturated rings. The van der Waals surface area contributed by atoms with Crippen LogP contribution >= 0.6 is 7.82 Å². The highest BCUT2D eigenvalue weighted by molar-refractivity contribution is 7.46. The number of aliphatic carboxylic acids is 1. The Bertz CT molecular complexity index is 1210. The number of carboxylic acid groups (broad SMARTS) is 1. The number of nitrogens with two attached hydrogens (primary N) is 1. The van der Waals surface area contributed by atoms with Gasteiger partial charge in [0.2, 0.25) is 5.95 Å². The number of phosphoric acid groups is 1. The fourth-order valence-corrected chi connectivity index (χ4v) is 4.70. The lowest BCUT2D eigenvalue weighted by molar-refractivity contribution is -0.213. The maximum Gasteiger partial charge on any atom is 0.469 e. The molecule has 0 radical (unpaired) electrons. The van der Waals surface area contributed by atoms with E-state index in [1.165, 1.54) is 30.5 Å². The smallest absolute Gasteiger partial charge is 0.469 e. The first kappa shape index (κ1) is 30.1. The number of aromatic amines is 1. The van der Waals surface area contributed by atoms with Gasteiger partial charge < -0.3 is 39.7 Å². The summed E-state index contributed by atoms with van der Waals surface area (Å²) in [6, 6.07) is 0. The van der Waals surface area contributed by atoms with Crippen LogP contribution in [0.15, 0.2) is 11.1 Å². The van der Waals surface area contributed by atoms with E-state index in [-0.39, 0.29) is 30.0 Å². The molecule has 16 nitrogen and oxygen atoms in total. The number of fused-ring (bicyclic) bond motifs is 2. The van der Waals surface area contributed by atoms with Crippen LogP contribution in [0, 0.1) is 0 Å². The first-order chi connectivity index (χ1) is 17.8. The number of rotatable bonds is 10. The van der Waals surface area contributed by atoms with Gasteiger partial charge in [-0.1, -0.05) is 20.8 Å². The molecule has 5 atom stereocenters. The van der Waals surface area contributed by atoms with E-state index >= 15 is 0 Å². The molecule has 4 heterocycles. The summed E-state index contributed by atoms with van der Waals surface area (Å²) in [4.78, 5) is 53.9. The maximum absolute atomic E-state index is 12.1. The molecule has 0 aromatic carbocycles. The van der Waals surface area contributed by atoms with Gasteiger partial charge in [-0.15, -0.1) is 0 Å². The fourth-order valence-electron chi connectivity index (χ4n) is 4.36. The number of ether oxygens (including phenoxy) is 3. The first-order valence-corrected chi connectivity index (χ1v) is 13.7. The fraction of sp³-hybridized carbons (Fsp3) is 0.714. The molecule has 2 aromatic heterocycles. The summed E-state index contributed by atoms with van der Waals surface area (Å²) in [6.07, 6.45) is -2.57. The van der Waals surface area contributed by atoms with Crippen molar-refractivity contribution in [2.75, 3.05) is 32.0 Å². The molecule has 0 saturated carbocycles. The number of carboxylic acids is 1. The highest BCUT2D eigenvalue weighted by atomic mass is 31.2. The number of aromatic nitrogens is 4. The molecule has 0 bridgehead atoms. The molecule has 0 amide bonds. The van der Waals surface area contributed by atoms with Gasteiger partial charge >= 0.3 is 13.8 Å². The third-order valence-electron chi connectivity index (χ3n) is 6.32. The number of imidazole rings is 1. The summed E-state index contributed by atoms with van der Waals surface area (Å²) in [6.45, 7) is 11.2. The highest BCUT2D eigenvalue weighted by Gasteiger charge is 2.57. The van der Waals surface area contributed by atoms with E-state index in [1.54, 1.807) is 6.92 Å². The molecule has 0 unspecified atom stereocenters. The molecule has 17 heteroatoms. The van der Waals surface area contributed by atoms with E-state index in [2.05, 4.69) is 45.1 Å². The van der Waals surface area contributed by atoms with Crippen LogP contribution in [0.3, 0.4) is 0 Å². The SMILES string of the molecule is CCN(CC)CC.C[C@@]1(CCC(=O)O)O[C@@H]2[C@H](O1)[C@@H](COP(=O)(O)O)O[C@H]2n1cnc2c(=O)[nH]c(N)nc21. The van der Waals surface area contributed by atoms with Crippen molar-refractivity contribution in [2.24, 2.45) is 0 Å². The van der Waals surface area contributed by atoms with Crippen molar-refractivity contribution in [3.05, 3.63) is 16.7 Å². The largest absolute Gasteiger partial charge is 0.481 e. The Hall–Kier alpha value is -2.43. The third-order valence-corrected chi connectivity index (χ3v) is 6.81. The van der Waals surface area contributed by atoms with Crippen LogP contribution in [0.5, 0.6) is 0 Å². The van der Waals surface area contributed by atoms with E-state index in [9.17, 15) is 14.2 Å². The Labute approximate surface area is 218 Å². The van der Waals surface area contributed by atoms with Gasteiger partial charge in [0.05, 0.1) is 19.4 Å². The van der Waals surface area contributed by atoms with Crippen LogP contribution < -0.4 is 11.3 Å². The number of hydrogen-bond acceptors (Lipinski definition) is 11. The minimum absolute atomic E-state index is 0.00294. The molecule has 2 aliphatic heterocycles. The zero-order valence-electron chi connectivity index (χ0n) is 21.6. The Morgan fingerprint density at radius 1 is 1.26 bits per heavy atom. The van der Waals surface area contributed by atoms with Crippen molar-refractivity contribution in [1.29, 1.82) is 0 Å². The maximum atomic E-state index is 12.1. The number of phosphoric ester groups is 1. The summed E-state index contributed by atoms with van der Waals surface area (Å²) < 4.78 is 34.9. The van der Waals surface area contributed by atoms with Gasteiger partial charge in [-0.05, 0) is 26.6 Å². The van der Waals surface area contributed by atoms with Crippen molar-refractivity contribution in [3.63, 3.8) is 0 Å². The zero-order valence-corrected chi connectivity index (χ0v) is 22.5. The van der Waals surface area contributed by atoms with Crippen molar-refractivity contribution in [2.45, 2.75) is 70.9 Å². The monoisotopic (exact) mass is 562 g/mol. The van der Waals surface area contributed by atoms with E-state index in [4.69, 9.17) is 34.8 Å². The van der Waals surface area contributed by atoms with Crippen LogP contribution in [-0.4, -0.2) is 95.6 Å². The summed E-state index contributed by atoms with van der Waals surface area (Å²) in [5.41, 5.74) is 5.16. The lowest BCUT2D eigenvalue weighted by Crippen LogP contribution is -2.34. The lowest BCUT2D eigenvalue weighted by atomic mass is 10.1. The van der Waals surface area contributed by atoms with Crippen molar-refractivity contribution >= 4 is 30.9 Å². The molecule has 2 saturated heterocycles. The van der Waals surface area contributed by atoms with E-state index in [1.807, 2.05) is 0 Å². The molecular weight excluding hydrogens is 527 g/mol. The van der Waals surface area contributed by atoms with Gasteiger partial charge in [0.15, 0.2) is 23.2 Å². The van der Waals surface area contributed by atoms with Gasteiger partial charge in [-0.3, -0.25) is 23.7 Å². The summed E-state index contributed by atoms with van der Waals surface area (Å²) in [7, 11) is -4.79. The summed E-state index contributed by atoms with van der Waals surface area (Å²) in [5, 5.41) is 8.98. The van der Waals surface area contributed by atoms with Crippen molar-refractivity contribution in [1.82, 2.24) is 24.4 Å². The number of carbonyl (C=O) groups is 1. The van der Waals surface area contributed by atoms with Gasteiger partial charge in [-0.25, -0.2) is 9.55 Å². The molecule has 0 aliphatic carbocycles. The topological polar surface area (TPSA) is 225 Å². The van der Waals surface area contributed by atoms with Gasteiger partial charge in [-0.2, -0.15) is 4.98 Å². The van der Waals surface area contributed by atoms with E-state index in [0.29, 0.717) is 0 Å². The number of nitrogen functional groups attached to an aromatic ring is 1. The van der Waals surface area contributed by atoms with Crippen LogP contribution in [-0.2, 0) is 28.1 Å². The molecule has 0 spiro atoms. The minimum atomic E-state index is -4.79. The van der Waals surface area contributed by atoms with Crippen LogP contribution in [0.4, 0.5) is 5.95 Å². The average Bonchev–Trinajstić information content (AvgIpc) is 3.49. The molecular formula is C21H35N6O10P. The molecule has 2 aromatic rings. The third kappa shape index (κ3) is 7.15. The number of anilines is 1. The normalized spacial score (nSPS) is 26.9. The number of H-pyrrole nitrogens is 1. The van der Waals surface area contributed by atoms with Crippen LogP contribution in [0.2, 0.25) is 0 Å². The molecule has 38 heavy (non-hydrogen) atoms. The Kier molecular flexibility index (Phi) is 9.65. The Morgan fingerprint density at radius 2 is 1.89 bits per heavy atom. The van der Waals surface area contributed by atoms with Gasteiger partial charge in [0, 0.05) is 6.42 Å². The zero-order chi connectivity index (χ0) is 28.3. The molecule has 2 aliphatic rings. The van der Waals surface area contributed by atoms with E-state index < -0.39 is 56.3 Å². The predicted molar refractivity (Wildman–Crippen MR) is 133 cm³/mol. The standard InChI is InChI=1S/C15H20N5O10P.C6H15N/c1-15(3-2-7(21)22)29-9-6(4-27-31(24,25)26)28-13(10(9)30-15)20-5-17-8-11(20)18-14(16)19-12(8)23;1-4-7(5-2)6-3/h5-6,9-10,13H,2-4H2,1H3,(H,21,22)(H2,24,25,26)(H3,16,18,19,23);4-6H2,1-3H3/t6-,9-,10-,13-,15+;/m1./s1. The Morgan fingerprint density at radius 3 is 2.45 bits per heavy atom. The quantitative estimate of drug-likeness (QED) is 0.248. The average molecular weight is 563 g/mol. The second kappa shape index (κ2) is 12.2. The minimum Gasteiger partial charge on any atom is -0.481 e. The summed E-state index contributed by atoms with van der Waals surface area (Å²) >= 11 is 0. The van der Waals surface area contributed by atoms with Crippen LogP contribution in [0.1, 0.15) is 46.8 Å². The molecule has 214 valence electrons. The molecule has 4 rings (SSSR count). The molecule has 6 N–H and O–H groups in total. The van der Waals surface area contributed by atoms with Gasteiger partial charge in [0.25, 0.3) is 5.56 Å². The van der Waals surface area contributed by atoms with Crippen molar-refractivity contribution in [3.8, 4) is 0 Å². The first-order valence-electron chi connectivity index (χ1n) is 12.2. The van der Waals surface area contributed by atoms with E-state index in [0.717, 1.165) is 0 Å². The number of nitrogens with zero attached hydrogens (tertiary/aromatic N) is 4. The summed E-state index contributed by atoms with van der Waals surface area (Å²) in [5.74, 6) is -2.49. The highest BCUT2D eigenvalue weighted by Crippen LogP contribution is 2.46. The number of nitrogens with one attached hydrogen (secondary N) is 1. The number of hydrogen-bond donors (Lipinski definition) is 5. The second-order valence-electron chi connectivity index (χ2n) is 8.94. The van der Waals surface area contributed by atoms with Gasteiger partial charge in [0.1, 0.15) is 18.3 Å². The van der Waals surface area contributed by atoms with Crippen LogP contribution in [0.25, 0.3) is 11.2 Å². The second-order valence-corrected chi connectivity index (χ2v) is 10.2. The lowest BCUT2D eigenvalue weighted by Gasteiger charge is -2.27. The predicted octanol–water partition coefficient (Wildman–Crippen LogP) is 0.422.